The van der Waals surface area contributed by atoms with E-state index in [4.69, 9.17) is 15.3 Å². The van der Waals surface area contributed by atoms with E-state index in [0.29, 0.717) is 6.29 Å². The summed E-state index contributed by atoms with van der Waals surface area (Å²) in [6.07, 6.45) is -4.03. The third-order valence-electron chi connectivity index (χ3n) is 1.78. The molecule has 86 valence electrons. The zero-order chi connectivity index (χ0) is 10.4. The lowest BCUT2D eigenvalue weighted by molar-refractivity contribution is -0.119. The van der Waals surface area contributed by atoms with Gasteiger partial charge in [-0.2, -0.15) is 0 Å². The van der Waals surface area contributed by atoms with Crippen LogP contribution in [0.15, 0.2) is 0 Å². The van der Waals surface area contributed by atoms with Gasteiger partial charge in [-0.1, -0.05) is 0 Å². The van der Waals surface area contributed by atoms with Crippen LogP contribution in [0.25, 0.3) is 0 Å². The second kappa shape index (κ2) is 8.10. The number of carbonyl (C=O) groups excluding carboxylic acids is 1. The Bertz CT molecular complexity index is 159. The van der Waals surface area contributed by atoms with Crippen LogP contribution in [0.3, 0.4) is 0 Å². The number of carbonyl (C=O) groups is 1. The first-order chi connectivity index (χ1) is 6.08. The van der Waals surface area contributed by atoms with Gasteiger partial charge in [0, 0.05) is 0 Å². The molecule has 0 heterocycles. The van der Waals surface area contributed by atoms with Crippen molar-refractivity contribution in [1.29, 1.82) is 0 Å². The number of aldehydes is 1. The zero-order valence-electron chi connectivity index (χ0n) is 7.70. The fourth-order valence-electron chi connectivity index (χ4n) is 0.867. The molecular formula is C7H16ClNO5. The summed E-state index contributed by atoms with van der Waals surface area (Å²) in [4.78, 5) is 10.3. The maximum atomic E-state index is 10.3. The van der Waals surface area contributed by atoms with E-state index < -0.39 is 31.0 Å². The van der Waals surface area contributed by atoms with Crippen molar-refractivity contribution in [3.05, 3.63) is 0 Å². The average molecular weight is 230 g/mol. The monoisotopic (exact) mass is 229 g/mol. The highest BCUT2D eigenvalue weighted by Gasteiger charge is 2.29. The summed E-state index contributed by atoms with van der Waals surface area (Å²) in [5.41, 5.74) is 0. The fourth-order valence-corrected chi connectivity index (χ4v) is 0.867. The quantitative estimate of drug-likeness (QED) is 0.317. The third kappa shape index (κ3) is 4.32. The molecule has 7 heteroatoms. The van der Waals surface area contributed by atoms with E-state index in [9.17, 15) is 9.90 Å². The molecule has 6 nitrogen and oxygen atoms in total. The highest BCUT2D eigenvalue weighted by atomic mass is 35.5. The van der Waals surface area contributed by atoms with Gasteiger partial charge in [-0.15, -0.1) is 12.4 Å². The van der Waals surface area contributed by atoms with E-state index >= 15 is 0 Å². The molecule has 5 N–H and O–H groups in total. The van der Waals surface area contributed by atoms with Crippen molar-refractivity contribution in [1.82, 2.24) is 5.32 Å². The molecule has 0 amide bonds. The minimum absolute atomic E-state index is 0. The van der Waals surface area contributed by atoms with Gasteiger partial charge in [0.05, 0.1) is 12.6 Å². The maximum Gasteiger partial charge on any atom is 0.139 e. The molecule has 0 bridgehead atoms. The summed E-state index contributed by atoms with van der Waals surface area (Å²) in [5.74, 6) is 0. The first-order valence-corrected chi connectivity index (χ1v) is 3.86. The van der Waals surface area contributed by atoms with Gasteiger partial charge < -0.3 is 30.5 Å². The molecule has 0 unspecified atom stereocenters. The SMILES string of the molecule is CN[C@@H](C=O)[C@@H](O)[C@H](O)[C@H](O)CO.Cl. The van der Waals surface area contributed by atoms with Crippen LogP contribution in [0.2, 0.25) is 0 Å². The van der Waals surface area contributed by atoms with Crippen LogP contribution in [0, 0.1) is 0 Å². The molecule has 0 aliphatic rings. The minimum atomic E-state index is -1.55. The predicted molar refractivity (Wildman–Crippen MR) is 51.3 cm³/mol. The van der Waals surface area contributed by atoms with Crippen molar-refractivity contribution >= 4 is 18.7 Å². The molecule has 0 aromatic rings. The van der Waals surface area contributed by atoms with E-state index in [0.717, 1.165) is 0 Å². The lowest BCUT2D eigenvalue weighted by Crippen LogP contribution is -2.51. The Morgan fingerprint density at radius 3 is 2.07 bits per heavy atom. The van der Waals surface area contributed by atoms with Crippen LogP contribution in [-0.2, 0) is 4.79 Å². The third-order valence-corrected chi connectivity index (χ3v) is 1.78. The van der Waals surface area contributed by atoms with Gasteiger partial charge in [0.2, 0.25) is 0 Å². The van der Waals surface area contributed by atoms with E-state index in [1.54, 1.807) is 0 Å². The predicted octanol–water partition coefficient (Wildman–Crippen LogP) is -2.73. The van der Waals surface area contributed by atoms with Crippen LogP contribution in [0.5, 0.6) is 0 Å². The topological polar surface area (TPSA) is 110 Å². The summed E-state index contributed by atoms with van der Waals surface area (Å²) in [6, 6.07) is -0.962. The molecule has 0 fully saturated rings. The Hall–Kier alpha value is -0.240. The summed E-state index contributed by atoms with van der Waals surface area (Å²) in [6.45, 7) is -0.673. The number of nitrogens with one attached hydrogen (secondary N) is 1. The molecule has 14 heavy (non-hydrogen) atoms. The normalized spacial score (nSPS) is 18.9. The van der Waals surface area contributed by atoms with Gasteiger partial charge in [-0.25, -0.2) is 0 Å². The summed E-state index contributed by atoms with van der Waals surface area (Å²) in [7, 11) is 1.43. The number of halogens is 1. The van der Waals surface area contributed by atoms with Crippen LogP contribution >= 0.6 is 12.4 Å². The molecule has 0 rings (SSSR count). The summed E-state index contributed by atoms with van der Waals surface area (Å²) < 4.78 is 0. The number of likely N-dealkylation sites (N-methyl/N-ethyl adjacent to an activating group) is 1. The number of hydrogen-bond donors (Lipinski definition) is 5. The molecule has 0 saturated carbocycles. The second-order valence-electron chi connectivity index (χ2n) is 2.68. The first-order valence-electron chi connectivity index (χ1n) is 3.86. The molecule has 0 saturated heterocycles. The summed E-state index contributed by atoms with van der Waals surface area (Å²) >= 11 is 0. The Morgan fingerprint density at radius 2 is 1.79 bits per heavy atom. The Labute approximate surface area is 88.0 Å². The van der Waals surface area contributed by atoms with Gasteiger partial charge in [-0.05, 0) is 7.05 Å². The van der Waals surface area contributed by atoms with Gasteiger partial charge >= 0.3 is 0 Å². The lowest BCUT2D eigenvalue weighted by Gasteiger charge is -2.25. The molecule has 4 atom stereocenters. The van der Waals surface area contributed by atoms with Crippen molar-refractivity contribution in [3.8, 4) is 0 Å². The Morgan fingerprint density at radius 1 is 1.29 bits per heavy atom. The summed E-state index contributed by atoms with van der Waals surface area (Å²) in [5, 5.41) is 38.2. The van der Waals surface area contributed by atoms with Crippen molar-refractivity contribution in [2.75, 3.05) is 13.7 Å². The van der Waals surface area contributed by atoms with Gasteiger partial charge in [0.15, 0.2) is 0 Å². The Balaban J connectivity index is 0. The smallest absolute Gasteiger partial charge is 0.139 e. The fraction of sp³-hybridized carbons (Fsp3) is 0.857. The molecule has 0 aliphatic carbocycles. The molecular weight excluding hydrogens is 214 g/mol. The maximum absolute atomic E-state index is 10.3. The van der Waals surface area contributed by atoms with Crippen molar-refractivity contribution in [3.63, 3.8) is 0 Å². The van der Waals surface area contributed by atoms with Crippen molar-refractivity contribution in [2.24, 2.45) is 0 Å². The number of aliphatic hydroxyl groups excluding tert-OH is 4. The average Bonchev–Trinajstić information content (AvgIpc) is 2.17. The molecule has 0 aromatic carbocycles. The van der Waals surface area contributed by atoms with Gasteiger partial charge in [0.25, 0.3) is 0 Å². The number of aliphatic hydroxyl groups is 4. The number of hydrogen-bond acceptors (Lipinski definition) is 6. The van der Waals surface area contributed by atoms with Crippen molar-refractivity contribution < 1.29 is 25.2 Å². The molecule has 0 radical (unpaired) electrons. The largest absolute Gasteiger partial charge is 0.394 e. The number of rotatable bonds is 6. The molecule has 0 spiro atoms. The van der Waals surface area contributed by atoms with Crippen LogP contribution in [-0.4, -0.2) is 64.7 Å². The lowest BCUT2D eigenvalue weighted by atomic mass is 10.0. The van der Waals surface area contributed by atoms with Crippen molar-refractivity contribution in [2.45, 2.75) is 24.4 Å². The van der Waals surface area contributed by atoms with E-state index in [2.05, 4.69) is 5.32 Å². The second-order valence-corrected chi connectivity index (χ2v) is 2.68. The van der Waals surface area contributed by atoms with Crippen LogP contribution in [0.4, 0.5) is 0 Å². The van der Waals surface area contributed by atoms with Gasteiger partial charge in [0.1, 0.15) is 24.6 Å². The van der Waals surface area contributed by atoms with Crippen LogP contribution < -0.4 is 5.32 Å². The highest BCUT2D eigenvalue weighted by molar-refractivity contribution is 5.85. The van der Waals surface area contributed by atoms with Gasteiger partial charge in [-0.3, -0.25) is 0 Å². The van der Waals surface area contributed by atoms with E-state index in [1.165, 1.54) is 7.05 Å². The highest BCUT2D eigenvalue weighted by Crippen LogP contribution is 2.03. The van der Waals surface area contributed by atoms with E-state index in [-0.39, 0.29) is 12.4 Å². The zero-order valence-corrected chi connectivity index (χ0v) is 8.52. The van der Waals surface area contributed by atoms with E-state index in [1.807, 2.05) is 0 Å². The molecule has 0 aliphatic heterocycles. The first kappa shape index (κ1) is 16.2. The Kier molecular flexibility index (Phi) is 9.37. The minimum Gasteiger partial charge on any atom is -0.394 e. The van der Waals surface area contributed by atoms with Crippen LogP contribution in [0.1, 0.15) is 0 Å². The molecule has 0 aromatic heterocycles. The standard InChI is InChI=1S/C7H15NO5.ClH/c1-8-4(2-9)6(12)7(13)5(11)3-10;/h2,4-8,10-13H,3H2,1H3;1H/t4-,5+,6+,7+;/m0./s1.